The molecule has 1 fully saturated rings. The molecule has 190 valence electrons. The molecule has 0 bridgehead atoms. The van der Waals surface area contributed by atoms with E-state index in [9.17, 15) is 0 Å². The fourth-order valence-corrected chi connectivity index (χ4v) is 5.40. The standard InChI is InChI=1S/C27H38Cl2N6/c28-23-15-25-26(16-24(23)29)35(27(34-25)22-8-13-32-14-9-22)18-21-3-1-20(2-4-21)17-33-12-7-19(5-10-30)6-11-31/h1-4,15-16,19,22,32-33H,5-14,17-18,30-31H2. The van der Waals surface area contributed by atoms with E-state index in [0.29, 0.717) is 21.9 Å². The lowest BCUT2D eigenvalue weighted by atomic mass is 9.97. The first-order chi connectivity index (χ1) is 17.1. The molecular formula is C27H38Cl2N6. The second kappa shape index (κ2) is 13.0. The third kappa shape index (κ3) is 6.97. The first-order valence-electron chi connectivity index (χ1n) is 12.8. The summed E-state index contributed by atoms with van der Waals surface area (Å²) < 4.78 is 2.33. The highest BCUT2D eigenvalue weighted by Gasteiger charge is 2.23. The quantitative estimate of drug-likeness (QED) is 0.263. The molecule has 0 unspecified atom stereocenters. The van der Waals surface area contributed by atoms with Crippen LogP contribution in [0.5, 0.6) is 0 Å². The fraction of sp³-hybridized carbons (Fsp3) is 0.519. The molecule has 1 saturated heterocycles. The minimum absolute atomic E-state index is 0.437. The van der Waals surface area contributed by atoms with Gasteiger partial charge >= 0.3 is 0 Å². The Hall–Kier alpha value is -1.67. The molecule has 0 spiro atoms. The second-order valence-electron chi connectivity index (χ2n) is 9.64. The number of nitrogens with one attached hydrogen (secondary N) is 2. The molecule has 35 heavy (non-hydrogen) atoms. The van der Waals surface area contributed by atoms with Crippen LogP contribution in [0, 0.1) is 5.92 Å². The van der Waals surface area contributed by atoms with E-state index >= 15 is 0 Å². The van der Waals surface area contributed by atoms with E-state index in [1.165, 1.54) is 11.1 Å². The Bertz CT molecular complexity index is 1070. The van der Waals surface area contributed by atoms with Crippen molar-refractivity contribution >= 4 is 34.2 Å². The van der Waals surface area contributed by atoms with Crippen molar-refractivity contribution in [1.29, 1.82) is 0 Å². The maximum absolute atomic E-state index is 6.39. The lowest BCUT2D eigenvalue weighted by Crippen LogP contribution is -2.28. The van der Waals surface area contributed by atoms with Gasteiger partial charge in [0.05, 0.1) is 21.1 Å². The molecule has 1 aromatic heterocycles. The average Bonchev–Trinajstić information content (AvgIpc) is 3.20. The summed E-state index contributed by atoms with van der Waals surface area (Å²) in [6, 6.07) is 12.7. The second-order valence-corrected chi connectivity index (χ2v) is 10.5. The zero-order chi connectivity index (χ0) is 24.6. The van der Waals surface area contributed by atoms with Gasteiger partial charge in [0.2, 0.25) is 0 Å². The molecule has 1 aliphatic rings. The van der Waals surface area contributed by atoms with Gasteiger partial charge in [-0.3, -0.25) is 0 Å². The van der Waals surface area contributed by atoms with Gasteiger partial charge in [0.25, 0.3) is 0 Å². The Labute approximate surface area is 218 Å². The van der Waals surface area contributed by atoms with Gasteiger partial charge in [-0.1, -0.05) is 47.5 Å². The molecule has 4 rings (SSSR count). The van der Waals surface area contributed by atoms with Gasteiger partial charge in [-0.05, 0) is 94.0 Å². The van der Waals surface area contributed by atoms with Crippen LogP contribution in [0.4, 0.5) is 0 Å². The van der Waals surface area contributed by atoms with Crippen molar-refractivity contribution in [3.8, 4) is 0 Å². The van der Waals surface area contributed by atoms with Crippen molar-refractivity contribution in [1.82, 2.24) is 20.2 Å². The van der Waals surface area contributed by atoms with Crippen molar-refractivity contribution in [2.75, 3.05) is 32.7 Å². The topological polar surface area (TPSA) is 93.9 Å². The highest BCUT2D eigenvalue weighted by atomic mass is 35.5. The molecule has 0 aliphatic carbocycles. The Morgan fingerprint density at radius 2 is 1.63 bits per heavy atom. The zero-order valence-corrected chi connectivity index (χ0v) is 21.9. The summed E-state index contributed by atoms with van der Waals surface area (Å²) in [5.74, 6) is 2.18. The van der Waals surface area contributed by atoms with Crippen LogP contribution in [0.15, 0.2) is 36.4 Å². The maximum Gasteiger partial charge on any atom is 0.113 e. The number of hydrogen-bond donors (Lipinski definition) is 4. The Morgan fingerprint density at radius 3 is 2.31 bits per heavy atom. The molecule has 2 heterocycles. The molecule has 0 amide bonds. The molecule has 0 saturated carbocycles. The van der Waals surface area contributed by atoms with Crippen molar-refractivity contribution in [2.45, 2.75) is 51.1 Å². The van der Waals surface area contributed by atoms with Crippen molar-refractivity contribution in [2.24, 2.45) is 17.4 Å². The average molecular weight is 518 g/mol. The molecule has 0 radical (unpaired) electrons. The molecule has 6 N–H and O–H groups in total. The van der Waals surface area contributed by atoms with Crippen LogP contribution in [0.3, 0.4) is 0 Å². The van der Waals surface area contributed by atoms with Gasteiger partial charge in [-0.15, -0.1) is 0 Å². The minimum Gasteiger partial charge on any atom is -0.330 e. The molecule has 0 atom stereocenters. The van der Waals surface area contributed by atoms with Crippen molar-refractivity contribution in [3.63, 3.8) is 0 Å². The van der Waals surface area contributed by atoms with Crippen LogP contribution in [0.25, 0.3) is 11.0 Å². The van der Waals surface area contributed by atoms with Gasteiger partial charge in [0.1, 0.15) is 5.82 Å². The predicted molar refractivity (Wildman–Crippen MR) is 147 cm³/mol. The van der Waals surface area contributed by atoms with E-state index in [0.717, 1.165) is 94.8 Å². The molecule has 1 aliphatic heterocycles. The minimum atomic E-state index is 0.437. The summed E-state index contributed by atoms with van der Waals surface area (Å²) in [7, 11) is 0. The third-order valence-electron chi connectivity index (χ3n) is 7.10. The van der Waals surface area contributed by atoms with E-state index in [1.54, 1.807) is 0 Å². The number of halogens is 2. The number of rotatable bonds is 12. The summed E-state index contributed by atoms with van der Waals surface area (Å²) >= 11 is 12.7. The smallest absolute Gasteiger partial charge is 0.113 e. The van der Waals surface area contributed by atoms with E-state index in [2.05, 4.69) is 39.5 Å². The number of piperidine rings is 1. The van der Waals surface area contributed by atoms with Crippen molar-refractivity contribution in [3.05, 3.63) is 63.4 Å². The monoisotopic (exact) mass is 516 g/mol. The van der Waals surface area contributed by atoms with E-state index < -0.39 is 0 Å². The number of fused-ring (bicyclic) bond motifs is 1. The predicted octanol–water partition coefficient (Wildman–Crippen LogP) is 4.65. The number of nitrogens with zero attached hydrogens (tertiary/aromatic N) is 2. The third-order valence-corrected chi connectivity index (χ3v) is 7.82. The van der Waals surface area contributed by atoms with E-state index in [1.807, 2.05) is 12.1 Å². The number of benzene rings is 2. The number of aromatic nitrogens is 2. The van der Waals surface area contributed by atoms with Gasteiger partial charge < -0.3 is 26.7 Å². The molecular weight excluding hydrogens is 479 g/mol. The number of hydrogen-bond acceptors (Lipinski definition) is 5. The first-order valence-corrected chi connectivity index (χ1v) is 13.6. The van der Waals surface area contributed by atoms with Crippen LogP contribution >= 0.6 is 23.2 Å². The van der Waals surface area contributed by atoms with E-state index in [4.69, 9.17) is 39.7 Å². The Morgan fingerprint density at radius 1 is 0.971 bits per heavy atom. The summed E-state index contributed by atoms with van der Waals surface area (Å²) in [4.78, 5) is 5.01. The van der Waals surface area contributed by atoms with Crippen LogP contribution in [0.1, 0.15) is 55.0 Å². The summed E-state index contributed by atoms with van der Waals surface area (Å²) in [6.07, 6.45) is 5.40. The number of nitrogens with two attached hydrogens (primary N) is 2. The SMILES string of the molecule is NCCC(CCN)CCNCc1ccc(Cn2c(C3CCNCC3)nc3cc(Cl)c(Cl)cc32)cc1. The lowest BCUT2D eigenvalue weighted by Gasteiger charge is -2.23. The highest BCUT2D eigenvalue weighted by molar-refractivity contribution is 6.42. The summed E-state index contributed by atoms with van der Waals surface area (Å²) in [5, 5.41) is 8.15. The normalized spacial score (nSPS) is 14.9. The van der Waals surface area contributed by atoms with Gasteiger partial charge in [0, 0.05) is 19.0 Å². The fourth-order valence-electron chi connectivity index (χ4n) is 5.09. The summed E-state index contributed by atoms with van der Waals surface area (Å²) in [5.41, 5.74) is 16.0. The molecule has 6 nitrogen and oxygen atoms in total. The van der Waals surface area contributed by atoms with Crippen LogP contribution in [-0.2, 0) is 13.1 Å². The molecule has 3 aromatic rings. The highest BCUT2D eigenvalue weighted by Crippen LogP contribution is 2.33. The van der Waals surface area contributed by atoms with Gasteiger partial charge in [0.15, 0.2) is 0 Å². The largest absolute Gasteiger partial charge is 0.330 e. The molecule has 2 aromatic carbocycles. The summed E-state index contributed by atoms with van der Waals surface area (Å²) in [6.45, 7) is 6.12. The number of imidazole rings is 1. The zero-order valence-electron chi connectivity index (χ0n) is 20.4. The first kappa shape index (κ1) is 26.4. The van der Waals surface area contributed by atoms with Gasteiger partial charge in [-0.25, -0.2) is 4.98 Å². The maximum atomic E-state index is 6.39. The van der Waals surface area contributed by atoms with Gasteiger partial charge in [-0.2, -0.15) is 0 Å². The van der Waals surface area contributed by atoms with Crippen LogP contribution < -0.4 is 22.1 Å². The van der Waals surface area contributed by atoms with E-state index in [-0.39, 0.29) is 0 Å². The molecule has 8 heteroatoms. The Balaban J connectivity index is 1.43. The van der Waals surface area contributed by atoms with Crippen LogP contribution in [0.2, 0.25) is 10.0 Å². The Kier molecular flexibility index (Phi) is 9.83. The lowest BCUT2D eigenvalue weighted by molar-refractivity contribution is 0.417. The van der Waals surface area contributed by atoms with Crippen molar-refractivity contribution < 1.29 is 0 Å². The van der Waals surface area contributed by atoms with Crippen LogP contribution in [-0.4, -0.2) is 42.3 Å².